The summed E-state index contributed by atoms with van der Waals surface area (Å²) in [5.41, 5.74) is 3.66. The zero-order valence-electron chi connectivity index (χ0n) is 23.9. The molecule has 2 atom stereocenters. The van der Waals surface area contributed by atoms with E-state index in [1.165, 1.54) is 11.0 Å². The number of benzene rings is 3. The number of anilines is 1. The van der Waals surface area contributed by atoms with Crippen molar-refractivity contribution in [1.29, 1.82) is 0 Å². The molecule has 0 unspecified atom stereocenters. The number of carbonyl (C=O) groups excluding carboxylic acids is 2. The van der Waals surface area contributed by atoms with Crippen molar-refractivity contribution in [3.05, 3.63) is 130 Å². The van der Waals surface area contributed by atoms with E-state index in [-0.39, 0.29) is 52.1 Å². The van der Waals surface area contributed by atoms with Crippen molar-refractivity contribution in [3.63, 3.8) is 0 Å². The Hall–Kier alpha value is -3.28. The van der Waals surface area contributed by atoms with E-state index in [1.807, 2.05) is 106 Å². The van der Waals surface area contributed by atoms with Crippen molar-refractivity contribution >= 4 is 23.7 Å². The summed E-state index contributed by atoms with van der Waals surface area (Å²) in [6.45, 7) is 16.6. The van der Waals surface area contributed by atoms with Gasteiger partial charge >= 0.3 is 0 Å². The van der Waals surface area contributed by atoms with Crippen LogP contribution in [0.15, 0.2) is 115 Å². The summed E-state index contributed by atoms with van der Waals surface area (Å²) in [5, 5.41) is 2.96. The molecule has 3 aromatic carbocycles. The molecule has 3 rings (SSSR count). The largest absolute Gasteiger partial charge is 0.358 e. The number of aliphatic imine (C=N–C) groups is 1. The average molecular weight is 601 g/mol. The topological polar surface area (TPSA) is 61.8 Å². The molecule has 3 aromatic rings. The molecule has 0 spiro atoms. The normalized spacial score (nSPS) is 10.9. The van der Waals surface area contributed by atoms with E-state index in [2.05, 4.69) is 30.4 Å². The van der Waals surface area contributed by atoms with Crippen molar-refractivity contribution in [2.45, 2.75) is 32.9 Å². The van der Waals surface area contributed by atoms with Crippen LogP contribution in [-0.4, -0.2) is 31.1 Å². The molecular weight excluding hydrogens is 559 g/mol. The number of allylic oxidation sites excluding steroid dienone is 1. The molecule has 0 saturated carbocycles. The molecule has 1 N–H and O–H groups in total. The minimum absolute atomic E-state index is 0. The van der Waals surface area contributed by atoms with E-state index in [9.17, 15) is 9.59 Å². The Labute approximate surface area is 261 Å². The minimum atomic E-state index is -0.872. The second-order valence-corrected chi connectivity index (χ2v) is 7.64. The van der Waals surface area contributed by atoms with E-state index >= 15 is 0 Å². The molecule has 205 valence electrons. The third kappa shape index (κ3) is 12.4. The van der Waals surface area contributed by atoms with Crippen LogP contribution in [0.5, 0.6) is 0 Å². The van der Waals surface area contributed by atoms with Crippen LogP contribution in [0.3, 0.4) is 0 Å². The fourth-order valence-corrected chi connectivity index (χ4v) is 3.46. The summed E-state index contributed by atoms with van der Waals surface area (Å²) in [7, 11) is 1.71. The van der Waals surface area contributed by atoms with Gasteiger partial charge in [-0.1, -0.05) is 105 Å². The maximum Gasteiger partial charge on any atom is 0.247 e. The van der Waals surface area contributed by atoms with Crippen molar-refractivity contribution in [2.24, 2.45) is 4.99 Å². The number of nitrogens with one attached hydrogen (secondary N) is 1. The fraction of sp³-hybridized carbons (Fsp3) is 0.182. The van der Waals surface area contributed by atoms with Crippen LogP contribution in [0.2, 0.25) is 0 Å². The van der Waals surface area contributed by atoms with Gasteiger partial charge in [0.2, 0.25) is 5.91 Å². The second-order valence-electron chi connectivity index (χ2n) is 7.64. The Morgan fingerprint density at radius 2 is 1.38 bits per heavy atom. The fourth-order valence-electron chi connectivity index (χ4n) is 3.46. The summed E-state index contributed by atoms with van der Waals surface area (Å²) in [4.78, 5) is 30.3. The SMILES string of the molecule is C=CC=NC.C=C[C@H](C(=O)N[C@@H](C)c1ccccc1)N(C([CH2-])=O)c1ccc(-c2ccccc2)cc1.CC.[CH3-].[Y]. The van der Waals surface area contributed by atoms with Gasteiger partial charge in [-0.05, 0) is 35.7 Å². The Kier molecular flexibility index (Phi) is 21.0. The van der Waals surface area contributed by atoms with Crippen LogP contribution >= 0.6 is 0 Å². The summed E-state index contributed by atoms with van der Waals surface area (Å²) < 4.78 is 0. The van der Waals surface area contributed by atoms with Gasteiger partial charge in [-0.2, -0.15) is 0 Å². The number of carbonyl (C=O) groups is 2. The van der Waals surface area contributed by atoms with Crippen molar-refractivity contribution in [2.75, 3.05) is 11.9 Å². The van der Waals surface area contributed by atoms with Crippen molar-refractivity contribution in [1.82, 2.24) is 5.32 Å². The Morgan fingerprint density at radius 1 is 0.897 bits per heavy atom. The van der Waals surface area contributed by atoms with Gasteiger partial charge in [-0.3, -0.25) is 9.79 Å². The first kappa shape index (κ1) is 37.9. The molecule has 0 aliphatic carbocycles. The number of hydrogen-bond donors (Lipinski definition) is 1. The molecule has 39 heavy (non-hydrogen) atoms. The predicted molar refractivity (Wildman–Crippen MR) is 164 cm³/mol. The van der Waals surface area contributed by atoms with Gasteiger partial charge in [-0.15, -0.1) is 6.58 Å². The Balaban J connectivity index is 0. The van der Waals surface area contributed by atoms with Crippen molar-refractivity contribution in [3.8, 4) is 11.1 Å². The zero-order chi connectivity index (χ0) is 27.6. The number of nitrogens with zero attached hydrogens (tertiary/aromatic N) is 2. The van der Waals surface area contributed by atoms with E-state index in [0.29, 0.717) is 5.69 Å². The second kappa shape index (κ2) is 21.6. The van der Waals surface area contributed by atoms with E-state index in [4.69, 9.17) is 0 Å². The van der Waals surface area contributed by atoms with Crippen LogP contribution in [0.4, 0.5) is 5.69 Å². The molecule has 5 nitrogen and oxygen atoms in total. The van der Waals surface area contributed by atoms with Gasteiger partial charge in [0.05, 0.1) is 11.9 Å². The van der Waals surface area contributed by atoms with Crippen LogP contribution in [-0.2, 0) is 42.3 Å². The molecule has 2 amide bonds. The summed E-state index contributed by atoms with van der Waals surface area (Å²) >= 11 is 0. The van der Waals surface area contributed by atoms with Crippen LogP contribution < -0.4 is 10.2 Å². The van der Waals surface area contributed by atoms with Crippen LogP contribution in [0.25, 0.3) is 11.1 Å². The zero-order valence-corrected chi connectivity index (χ0v) is 26.7. The quantitative estimate of drug-likeness (QED) is 0.168. The Bertz CT molecular complexity index is 1130. The van der Waals surface area contributed by atoms with Gasteiger partial charge in [0, 0.05) is 51.7 Å². The maximum absolute atomic E-state index is 13.0. The summed E-state index contributed by atoms with van der Waals surface area (Å²) in [6, 6.07) is 26.0. The number of amides is 2. The van der Waals surface area contributed by atoms with Crippen LogP contribution in [0.1, 0.15) is 32.4 Å². The molecule has 0 aliphatic heterocycles. The minimum Gasteiger partial charge on any atom is -0.358 e. The molecule has 1 radical (unpaired) electrons. The molecule has 0 bridgehead atoms. The molecule has 6 heteroatoms. The molecule has 0 heterocycles. The van der Waals surface area contributed by atoms with E-state index < -0.39 is 11.9 Å². The van der Waals surface area contributed by atoms with E-state index in [1.54, 1.807) is 19.3 Å². The molecule has 0 fully saturated rings. The monoisotopic (exact) mass is 600 g/mol. The first-order chi connectivity index (χ1) is 17.9. The summed E-state index contributed by atoms with van der Waals surface area (Å²) in [5.74, 6) is -0.791. The van der Waals surface area contributed by atoms with Gasteiger partial charge in [0.15, 0.2) is 0 Å². The molecule has 0 aliphatic rings. The van der Waals surface area contributed by atoms with Crippen LogP contribution in [0, 0.1) is 14.4 Å². The number of rotatable bonds is 8. The van der Waals surface area contributed by atoms with Crippen molar-refractivity contribution < 1.29 is 42.3 Å². The number of hydrogen-bond acceptors (Lipinski definition) is 3. The summed E-state index contributed by atoms with van der Waals surface area (Å²) in [6.07, 6.45) is 4.74. The van der Waals surface area contributed by atoms with Gasteiger partial charge in [0.1, 0.15) is 6.04 Å². The standard InChI is InChI=1S/C26H25N2O2.C4H7N.C2H6.CH3.Y/c1-4-25(26(30)27-19(2)21-11-7-5-8-12-21)28(20(3)29)24-17-15-23(16-18-24)22-13-9-6-10-14-22;1-3-4-5-2;1-2;;/h4-19,25H,1,3H2,2H3,(H,27,30);3-4H,1H2,2H3;1-2H3;1H3;/q-1;;;-1;/t19-,25+;;;;/m0..../s1. The maximum atomic E-state index is 13.0. The third-order valence-corrected chi connectivity index (χ3v) is 5.20. The molecular formula is C33H41N3O2Y-2. The first-order valence-electron chi connectivity index (χ1n) is 12.2. The predicted octanol–water partition coefficient (Wildman–Crippen LogP) is 7.30. The van der Waals surface area contributed by atoms with E-state index in [0.717, 1.165) is 16.7 Å². The third-order valence-electron chi connectivity index (χ3n) is 5.20. The smallest absolute Gasteiger partial charge is 0.247 e. The van der Waals surface area contributed by atoms with Gasteiger partial charge in [-0.25, -0.2) is 0 Å². The first-order valence-corrected chi connectivity index (χ1v) is 12.2. The Morgan fingerprint density at radius 3 is 1.79 bits per heavy atom. The average Bonchev–Trinajstić information content (AvgIpc) is 2.94. The molecule has 0 aromatic heterocycles. The molecule has 0 saturated heterocycles. The van der Waals surface area contributed by atoms with Gasteiger partial charge < -0.3 is 29.4 Å². The van der Waals surface area contributed by atoms with Gasteiger partial charge in [0.25, 0.3) is 0 Å².